The summed E-state index contributed by atoms with van der Waals surface area (Å²) in [5.41, 5.74) is 2.28. The molecule has 1 aromatic heterocycles. The highest BCUT2D eigenvalue weighted by atomic mass is 19.2. The van der Waals surface area contributed by atoms with Gasteiger partial charge in [0.2, 0.25) is 5.95 Å². The average molecular weight is 340 g/mol. The first-order valence-electron chi connectivity index (χ1n) is 7.90. The highest BCUT2D eigenvalue weighted by molar-refractivity contribution is 5.57. The number of nitrogens with zero attached hydrogens (tertiary/aromatic N) is 2. The molecular weight excluding hydrogens is 322 g/mol. The van der Waals surface area contributed by atoms with Gasteiger partial charge in [-0.3, -0.25) is 0 Å². The molecule has 3 aromatic rings. The maximum Gasteiger partial charge on any atom is 0.225 e. The number of aryl methyl sites for hydroxylation is 1. The second-order valence-corrected chi connectivity index (χ2v) is 5.75. The van der Waals surface area contributed by atoms with E-state index in [0.717, 1.165) is 23.4 Å². The van der Waals surface area contributed by atoms with E-state index in [1.165, 1.54) is 6.07 Å². The molecule has 1 atom stereocenters. The van der Waals surface area contributed by atoms with Crippen molar-refractivity contribution in [2.45, 2.75) is 19.9 Å². The van der Waals surface area contributed by atoms with Gasteiger partial charge >= 0.3 is 0 Å². The van der Waals surface area contributed by atoms with Crippen molar-refractivity contribution >= 4 is 17.5 Å². The molecule has 3 rings (SSSR count). The largest absolute Gasteiger partial charge is 0.348 e. The van der Waals surface area contributed by atoms with Crippen molar-refractivity contribution in [1.29, 1.82) is 0 Å². The van der Waals surface area contributed by atoms with Gasteiger partial charge in [-0.1, -0.05) is 30.3 Å². The van der Waals surface area contributed by atoms with Crippen LogP contribution in [0.25, 0.3) is 0 Å². The van der Waals surface area contributed by atoms with Crippen LogP contribution in [0.15, 0.2) is 54.6 Å². The fraction of sp³-hybridized carbons (Fsp3) is 0.158. The number of hydrogen-bond donors (Lipinski definition) is 2. The summed E-state index contributed by atoms with van der Waals surface area (Å²) in [6, 6.07) is 15.3. The van der Waals surface area contributed by atoms with Crippen LogP contribution in [-0.4, -0.2) is 9.97 Å². The quantitative estimate of drug-likeness (QED) is 0.688. The Morgan fingerprint density at radius 2 is 1.68 bits per heavy atom. The minimum atomic E-state index is -0.910. The molecule has 0 fully saturated rings. The maximum absolute atomic E-state index is 13.3. The molecule has 0 aliphatic heterocycles. The number of anilines is 3. The molecule has 1 heterocycles. The summed E-state index contributed by atoms with van der Waals surface area (Å²) in [5, 5.41) is 6.22. The van der Waals surface area contributed by atoms with Crippen LogP contribution >= 0.6 is 0 Å². The molecule has 6 heteroatoms. The molecule has 25 heavy (non-hydrogen) atoms. The van der Waals surface area contributed by atoms with E-state index >= 15 is 0 Å². The molecule has 128 valence electrons. The zero-order valence-corrected chi connectivity index (χ0v) is 13.9. The molecular formula is C19H18F2N4. The van der Waals surface area contributed by atoms with Gasteiger partial charge in [-0.15, -0.1) is 0 Å². The van der Waals surface area contributed by atoms with Crippen molar-refractivity contribution in [3.05, 3.63) is 77.5 Å². The normalized spacial score (nSPS) is 11.8. The van der Waals surface area contributed by atoms with Crippen molar-refractivity contribution in [3.8, 4) is 0 Å². The number of rotatable bonds is 5. The fourth-order valence-corrected chi connectivity index (χ4v) is 2.44. The van der Waals surface area contributed by atoms with E-state index in [-0.39, 0.29) is 6.04 Å². The van der Waals surface area contributed by atoms with Crippen LogP contribution in [0, 0.1) is 18.6 Å². The fourth-order valence-electron chi connectivity index (χ4n) is 2.44. The van der Waals surface area contributed by atoms with Crippen LogP contribution in [0.1, 0.15) is 24.2 Å². The minimum absolute atomic E-state index is 0.0270. The van der Waals surface area contributed by atoms with Crippen molar-refractivity contribution in [3.63, 3.8) is 0 Å². The number of hydrogen-bond acceptors (Lipinski definition) is 4. The summed E-state index contributed by atoms with van der Waals surface area (Å²) >= 11 is 0. The van der Waals surface area contributed by atoms with Crippen LogP contribution in [0.2, 0.25) is 0 Å². The van der Waals surface area contributed by atoms with Gasteiger partial charge in [-0.25, -0.2) is 13.8 Å². The maximum atomic E-state index is 13.3. The lowest BCUT2D eigenvalue weighted by Gasteiger charge is -2.15. The Bertz CT molecular complexity index is 869. The van der Waals surface area contributed by atoms with Gasteiger partial charge in [-0.2, -0.15) is 4.98 Å². The first-order valence-corrected chi connectivity index (χ1v) is 7.90. The molecule has 0 aliphatic rings. The summed E-state index contributed by atoms with van der Waals surface area (Å²) in [5.74, 6) is -0.835. The highest BCUT2D eigenvalue weighted by Gasteiger charge is 2.09. The lowest BCUT2D eigenvalue weighted by atomic mass is 10.1. The summed E-state index contributed by atoms with van der Waals surface area (Å²) in [6.07, 6.45) is 0. The molecule has 2 N–H and O–H groups in total. The summed E-state index contributed by atoms with van der Waals surface area (Å²) in [6.45, 7) is 3.86. The van der Waals surface area contributed by atoms with Crippen LogP contribution in [0.3, 0.4) is 0 Å². The van der Waals surface area contributed by atoms with E-state index in [1.54, 1.807) is 6.07 Å². The topological polar surface area (TPSA) is 49.8 Å². The number of nitrogens with one attached hydrogen (secondary N) is 2. The Balaban J connectivity index is 1.79. The Hall–Kier alpha value is -3.02. The molecule has 0 saturated carbocycles. The van der Waals surface area contributed by atoms with E-state index in [9.17, 15) is 8.78 Å². The average Bonchev–Trinajstić information content (AvgIpc) is 2.58. The number of benzene rings is 2. The third-order valence-electron chi connectivity index (χ3n) is 3.69. The number of halogens is 2. The lowest BCUT2D eigenvalue weighted by Crippen LogP contribution is -2.10. The predicted octanol–water partition coefficient (Wildman–Crippen LogP) is 4.98. The zero-order chi connectivity index (χ0) is 17.8. The van der Waals surface area contributed by atoms with Gasteiger partial charge < -0.3 is 10.6 Å². The lowest BCUT2D eigenvalue weighted by molar-refractivity contribution is 0.509. The van der Waals surface area contributed by atoms with Crippen LogP contribution in [-0.2, 0) is 0 Å². The molecule has 2 aromatic carbocycles. The van der Waals surface area contributed by atoms with Gasteiger partial charge in [0.15, 0.2) is 11.6 Å². The van der Waals surface area contributed by atoms with Gasteiger partial charge in [0.1, 0.15) is 5.82 Å². The van der Waals surface area contributed by atoms with Crippen LogP contribution in [0.5, 0.6) is 0 Å². The minimum Gasteiger partial charge on any atom is -0.348 e. The molecule has 0 bridgehead atoms. The van der Waals surface area contributed by atoms with Gasteiger partial charge in [0, 0.05) is 23.5 Å². The number of aromatic nitrogens is 2. The monoisotopic (exact) mass is 340 g/mol. The molecule has 0 amide bonds. The summed E-state index contributed by atoms with van der Waals surface area (Å²) in [7, 11) is 0. The predicted molar refractivity (Wildman–Crippen MR) is 94.9 cm³/mol. The summed E-state index contributed by atoms with van der Waals surface area (Å²) in [4.78, 5) is 8.77. The molecule has 0 saturated heterocycles. The highest BCUT2D eigenvalue weighted by Crippen LogP contribution is 2.21. The van der Waals surface area contributed by atoms with Crippen molar-refractivity contribution in [2.24, 2.45) is 0 Å². The van der Waals surface area contributed by atoms with E-state index in [0.29, 0.717) is 17.5 Å². The van der Waals surface area contributed by atoms with Gasteiger partial charge in [-0.05, 0) is 31.5 Å². The van der Waals surface area contributed by atoms with Crippen molar-refractivity contribution < 1.29 is 8.78 Å². The Kier molecular flexibility index (Phi) is 4.88. The Labute approximate surface area is 145 Å². The van der Waals surface area contributed by atoms with Gasteiger partial charge in [0.25, 0.3) is 0 Å². The molecule has 4 nitrogen and oxygen atoms in total. The Morgan fingerprint density at radius 3 is 2.40 bits per heavy atom. The molecule has 0 aliphatic carbocycles. The SMILES string of the molecule is Cc1cc(Nc2ccc(F)c(F)c2)nc(NC(C)c2ccccc2)n1. The smallest absolute Gasteiger partial charge is 0.225 e. The van der Waals surface area contributed by atoms with E-state index < -0.39 is 11.6 Å². The third-order valence-corrected chi connectivity index (χ3v) is 3.69. The molecule has 0 radical (unpaired) electrons. The van der Waals surface area contributed by atoms with Gasteiger partial charge in [0.05, 0.1) is 6.04 Å². The van der Waals surface area contributed by atoms with Crippen LogP contribution < -0.4 is 10.6 Å². The second-order valence-electron chi connectivity index (χ2n) is 5.75. The summed E-state index contributed by atoms with van der Waals surface area (Å²) < 4.78 is 26.4. The Morgan fingerprint density at radius 1 is 0.920 bits per heavy atom. The second kappa shape index (κ2) is 7.25. The first kappa shape index (κ1) is 16.8. The molecule has 1 unspecified atom stereocenters. The van der Waals surface area contributed by atoms with Crippen molar-refractivity contribution in [2.75, 3.05) is 10.6 Å². The van der Waals surface area contributed by atoms with E-state index in [2.05, 4.69) is 20.6 Å². The van der Waals surface area contributed by atoms with E-state index in [1.807, 2.05) is 44.2 Å². The van der Waals surface area contributed by atoms with Crippen molar-refractivity contribution in [1.82, 2.24) is 9.97 Å². The first-order chi connectivity index (χ1) is 12.0. The van der Waals surface area contributed by atoms with E-state index in [4.69, 9.17) is 0 Å². The third kappa shape index (κ3) is 4.29. The molecule has 0 spiro atoms. The standard InChI is InChI=1S/C19H18F2N4/c1-12-10-18(24-15-8-9-16(20)17(21)11-15)25-19(22-12)23-13(2)14-6-4-3-5-7-14/h3-11,13H,1-2H3,(H2,22,23,24,25). The zero-order valence-electron chi connectivity index (χ0n) is 13.9. The van der Waals surface area contributed by atoms with Crippen LogP contribution in [0.4, 0.5) is 26.2 Å².